The van der Waals surface area contributed by atoms with E-state index in [-0.39, 0.29) is 5.91 Å². The van der Waals surface area contributed by atoms with Gasteiger partial charge in [-0.15, -0.1) is 0 Å². The molecule has 3 atom stereocenters. The fourth-order valence-corrected chi connectivity index (χ4v) is 3.24. The fraction of sp³-hybridized carbons (Fsp3) is 0.923. The average Bonchev–Trinajstić information content (AvgIpc) is 2.63. The monoisotopic (exact) mass is 255 g/mol. The Morgan fingerprint density at radius 2 is 2.00 bits per heavy atom. The third-order valence-electron chi connectivity index (χ3n) is 3.82. The van der Waals surface area contributed by atoms with Crippen LogP contribution in [-0.2, 0) is 9.53 Å². The average molecular weight is 255 g/mol. The Balaban J connectivity index is 1.85. The Bertz CT molecular complexity index is 288. The van der Waals surface area contributed by atoms with Gasteiger partial charge in [-0.05, 0) is 33.2 Å². The third-order valence-corrected chi connectivity index (χ3v) is 3.82. The second-order valence-electron chi connectivity index (χ2n) is 5.71. The molecule has 2 saturated heterocycles. The first-order chi connectivity index (χ1) is 8.54. The van der Waals surface area contributed by atoms with Crippen molar-refractivity contribution in [1.82, 2.24) is 9.80 Å². The van der Waals surface area contributed by atoms with Crippen LogP contribution in [0.25, 0.3) is 0 Å². The summed E-state index contributed by atoms with van der Waals surface area (Å²) in [5.74, 6) is -0.217. The van der Waals surface area contributed by atoms with Gasteiger partial charge in [0.1, 0.15) is 0 Å². The van der Waals surface area contributed by atoms with E-state index in [1.54, 1.807) is 0 Å². The van der Waals surface area contributed by atoms with Gasteiger partial charge in [-0.1, -0.05) is 0 Å². The number of hydrogen-bond donors (Lipinski definition) is 1. The Morgan fingerprint density at radius 1 is 1.33 bits per heavy atom. The lowest BCUT2D eigenvalue weighted by atomic mass is 10.1. The molecular formula is C13H25N3O2. The molecule has 0 aliphatic carbocycles. The summed E-state index contributed by atoms with van der Waals surface area (Å²) in [4.78, 5) is 15.7. The first-order valence-electron chi connectivity index (χ1n) is 6.94. The Labute approximate surface area is 109 Å². The number of ether oxygens (including phenoxy) is 1. The van der Waals surface area contributed by atoms with Gasteiger partial charge in [-0.25, -0.2) is 0 Å². The highest BCUT2D eigenvalue weighted by molar-refractivity contribution is 5.76. The van der Waals surface area contributed by atoms with Crippen molar-refractivity contribution in [2.24, 2.45) is 5.73 Å². The van der Waals surface area contributed by atoms with E-state index in [9.17, 15) is 4.79 Å². The van der Waals surface area contributed by atoms with Crippen molar-refractivity contribution in [3.63, 3.8) is 0 Å². The highest BCUT2D eigenvalue weighted by Gasteiger charge is 2.30. The summed E-state index contributed by atoms with van der Waals surface area (Å²) >= 11 is 0. The number of morpholine rings is 1. The molecule has 2 N–H and O–H groups in total. The predicted octanol–water partition coefficient (Wildman–Crippen LogP) is 0.0453. The van der Waals surface area contributed by atoms with Crippen LogP contribution in [0.4, 0.5) is 0 Å². The van der Waals surface area contributed by atoms with Gasteiger partial charge in [-0.2, -0.15) is 0 Å². The van der Waals surface area contributed by atoms with Crippen molar-refractivity contribution in [3.8, 4) is 0 Å². The van der Waals surface area contributed by atoms with Gasteiger partial charge in [0.05, 0.1) is 18.8 Å². The molecule has 0 radical (unpaired) electrons. The maximum Gasteiger partial charge on any atom is 0.231 e. The molecule has 0 saturated carbocycles. The Hall–Kier alpha value is -0.650. The molecule has 5 nitrogen and oxygen atoms in total. The molecule has 2 heterocycles. The summed E-state index contributed by atoms with van der Waals surface area (Å²) in [5.41, 5.74) is 5.30. The molecule has 0 aromatic carbocycles. The van der Waals surface area contributed by atoms with E-state index < -0.39 is 0 Å². The normalized spacial score (nSPS) is 34.9. The van der Waals surface area contributed by atoms with Crippen molar-refractivity contribution in [1.29, 1.82) is 0 Å². The molecule has 0 aromatic rings. The zero-order valence-corrected chi connectivity index (χ0v) is 11.5. The van der Waals surface area contributed by atoms with Crippen LogP contribution in [-0.4, -0.2) is 66.7 Å². The quantitative estimate of drug-likeness (QED) is 0.771. The van der Waals surface area contributed by atoms with Crippen LogP contribution in [0.3, 0.4) is 0 Å². The van der Waals surface area contributed by atoms with E-state index >= 15 is 0 Å². The van der Waals surface area contributed by atoms with Crippen LogP contribution in [0.5, 0.6) is 0 Å². The highest BCUT2D eigenvalue weighted by Crippen LogP contribution is 2.20. The summed E-state index contributed by atoms with van der Waals surface area (Å²) in [6.07, 6.45) is 2.96. The zero-order chi connectivity index (χ0) is 13.1. The summed E-state index contributed by atoms with van der Waals surface area (Å²) < 4.78 is 5.74. The summed E-state index contributed by atoms with van der Waals surface area (Å²) in [5, 5.41) is 0. The minimum Gasteiger partial charge on any atom is -0.373 e. The molecule has 0 aromatic heterocycles. The topological polar surface area (TPSA) is 58.8 Å². The van der Waals surface area contributed by atoms with Gasteiger partial charge in [0.25, 0.3) is 0 Å². The first kappa shape index (κ1) is 13.8. The van der Waals surface area contributed by atoms with Crippen LogP contribution >= 0.6 is 0 Å². The number of carbonyl (C=O) groups excluding carboxylic acids is 1. The van der Waals surface area contributed by atoms with Crippen LogP contribution in [0.15, 0.2) is 0 Å². The fourth-order valence-electron chi connectivity index (χ4n) is 3.24. The van der Waals surface area contributed by atoms with Crippen molar-refractivity contribution in [2.75, 3.05) is 32.7 Å². The molecule has 18 heavy (non-hydrogen) atoms. The van der Waals surface area contributed by atoms with E-state index in [0.717, 1.165) is 26.2 Å². The molecule has 3 unspecified atom stereocenters. The van der Waals surface area contributed by atoms with E-state index in [0.29, 0.717) is 24.8 Å². The van der Waals surface area contributed by atoms with Gasteiger partial charge in [0, 0.05) is 25.7 Å². The molecule has 0 bridgehead atoms. The molecule has 5 heteroatoms. The van der Waals surface area contributed by atoms with Crippen LogP contribution in [0.2, 0.25) is 0 Å². The number of nitrogens with zero attached hydrogens (tertiary/aromatic N) is 2. The van der Waals surface area contributed by atoms with Crippen molar-refractivity contribution < 1.29 is 9.53 Å². The molecular weight excluding hydrogens is 230 g/mol. The van der Waals surface area contributed by atoms with Crippen LogP contribution in [0, 0.1) is 0 Å². The summed E-state index contributed by atoms with van der Waals surface area (Å²) in [7, 11) is 0. The van der Waals surface area contributed by atoms with E-state index in [4.69, 9.17) is 10.5 Å². The molecule has 2 fully saturated rings. The Kier molecular flexibility index (Phi) is 4.59. The molecule has 1 amide bonds. The number of carbonyl (C=O) groups is 1. The number of hydrogen-bond acceptors (Lipinski definition) is 4. The molecule has 2 aliphatic rings. The van der Waals surface area contributed by atoms with E-state index in [1.807, 2.05) is 0 Å². The second kappa shape index (κ2) is 5.99. The van der Waals surface area contributed by atoms with Crippen LogP contribution < -0.4 is 5.73 Å². The summed E-state index contributed by atoms with van der Waals surface area (Å²) in [6, 6.07) is 0.481. The maximum atomic E-state index is 11.0. The number of rotatable bonds is 4. The number of nitrogens with two attached hydrogens (primary N) is 1. The smallest absolute Gasteiger partial charge is 0.231 e. The second-order valence-corrected chi connectivity index (χ2v) is 5.71. The van der Waals surface area contributed by atoms with Gasteiger partial charge in [-0.3, -0.25) is 14.6 Å². The number of amides is 1. The largest absolute Gasteiger partial charge is 0.373 e. The van der Waals surface area contributed by atoms with Crippen LogP contribution in [0.1, 0.15) is 26.7 Å². The standard InChI is InChI=1S/C13H25N3O2/c1-10-6-15(7-11(2)18-10)8-12-4-3-5-16(12)9-13(14)17/h10-12H,3-9H2,1-2H3,(H2,14,17). The summed E-state index contributed by atoms with van der Waals surface area (Å²) in [6.45, 7) is 8.67. The van der Waals surface area contributed by atoms with Gasteiger partial charge in [0.15, 0.2) is 0 Å². The maximum absolute atomic E-state index is 11.0. The zero-order valence-electron chi connectivity index (χ0n) is 11.5. The molecule has 2 rings (SSSR count). The minimum atomic E-state index is -0.217. The molecule has 104 valence electrons. The predicted molar refractivity (Wildman–Crippen MR) is 70.2 cm³/mol. The van der Waals surface area contributed by atoms with Gasteiger partial charge < -0.3 is 10.5 Å². The lowest BCUT2D eigenvalue weighted by Gasteiger charge is -2.38. The van der Waals surface area contributed by atoms with E-state index in [1.165, 1.54) is 12.8 Å². The van der Waals surface area contributed by atoms with E-state index in [2.05, 4.69) is 23.6 Å². The van der Waals surface area contributed by atoms with Gasteiger partial charge >= 0.3 is 0 Å². The number of primary amides is 1. The SMILES string of the molecule is CC1CN(CC2CCCN2CC(N)=O)CC(C)O1. The van der Waals surface area contributed by atoms with Crippen molar-refractivity contribution in [3.05, 3.63) is 0 Å². The van der Waals surface area contributed by atoms with Crippen molar-refractivity contribution in [2.45, 2.75) is 44.9 Å². The molecule has 2 aliphatic heterocycles. The lowest BCUT2D eigenvalue weighted by Crippen LogP contribution is -2.50. The van der Waals surface area contributed by atoms with Gasteiger partial charge in [0.2, 0.25) is 5.91 Å². The first-order valence-corrected chi connectivity index (χ1v) is 6.94. The lowest BCUT2D eigenvalue weighted by molar-refractivity contribution is -0.119. The minimum absolute atomic E-state index is 0.217. The number of likely N-dealkylation sites (tertiary alicyclic amines) is 1. The third kappa shape index (κ3) is 3.67. The molecule has 0 spiro atoms. The Morgan fingerprint density at radius 3 is 2.61 bits per heavy atom. The highest BCUT2D eigenvalue weighted by atomic mass is 16.5. The van der Waals surface area contributed by atoms with Crippen molar-refractivity contribution >= 4 is 5.91 Å².